The van der Waals surface area contributed by atoms with Gasteiger partial charge in [0, 0.05) is 6.04 Å². The summed E-state index contributed by atoms with van der Waals surface area (Å²) in [6.45, 7) is 6.81. The van der Waals surface area contributed by atoms with Crippen molar-refractivity contribution in [2.24, 2.45) is 5.92 Å². The molecular formula is C15H31NO2S. The van der Waals surface area contributed by atoms with Crippen molar-refractivity contribution in [3.8, 4) is 0 Å². The first-order valence-electron chi connectivity index (χ1n) is 7.92. The van der Waals surface area contributed by atoms with Crippen LogP contribution in [0, 0.1) is 5.92 Å². The van der Waals surface area contributed by atoms with Crippen LogP contribution < -0.4 is 5.32 Å². The van der Waals surface area contributed by atoms with E-state index in [2.05, 4.69) is 12.2 Å². The van der Waals surface area contributed by atoms with Crippen LogP contribution in [-0.2, 0) is 9.84 Å². The number of hydrogen-bond acceptors (Lipinski definition) is 3. The summed E-state index contributed by atoms with van der Waals surface area (Å²) >= 11 is 0. The van der Waals surface area contributed by atoms with E-state index in [9.17, 15) is 8.42 Å². The zero-order valence-electron chi connectivity index (χ0n) is 12.8. The van der Waals surface area contributed by atoms with E-state index in [0.717, 1.165) is 19.4 Å². The summed E-state index contributed by atoms with van der Waals surface area (Å²) in [6, 6.07) is 0.532. The fourth-order valence-corrected chi connectivity index (χ4v) is 3.98. The summed E-state index contributed by atoms with van der Waals surface area (Å²) in [6.07, 6.45) is 8.24. The Morgan fingerprint density at radius 1 is 1.16 bits per heavy atom. The molecule has 1 rings (SSSR count). The molecule has 0 saturated heterocycles. The Morgan fingerprint density at radius 3 is 2.47 bits per heavy atom. The fraction of sp³-hybridized carbons (Fsp3) is 1.00. The summed E-state index contributed by atoms with van der Waals surface area (Å²) < 4.78 is 23.9. The highest BCUT2D eigenvalue weighted by molar-refractivity contribution is 7.91. The standard InChI is InChI=1S/C15H31NO2S/c1-4-11-16-15-9-7-5-6-8-14(15)10-12-19(17,18)13(2)3/h13-16H,4-12H2,1-3H3. The molecule has 2 unspecified atom stereocenters. The summed E-state index contributed by atoms with van der Waals surface area (Å²) in [4.78, 5) is 0. The summed E-state index contributed by atoms with van der Waals surface area (Å²) in [5.74, 6) is 0.905. The Balaban J connectivity index is 2.55. The van der Waals surface area contributed by atoms with Crippen LogP contribution in [0.3, 0.4) is 0 Å². The van der Waals surface area contributed by atoms with Gasteiger partial charge in [0.05, 0.1) is 11.0 Å². The molecule has 0 aliphatic heterocycles. The van der Waals surface area contributed by atoms with E-state index in [4.69, 9.17) is 0 Å². The van der Waals surface area contributed by atoms with Gasteiger partial charge in [0.1, 0.15) is 0 Å². The van der Waals surface area contributed by atoms with Crippen molar-refractivity contribution in [3.63, 3.8) is 0 Å². The van der Waals surface area contributed by atoms with Gasteiger partial charge in [-0.3, -0.25) is 0 Å². The molecule has 1 N–H and O–H groups in total. The molecule has 0 aromatic carbocycles. The van der Waals surface area contributed by atoms with Crippen molar-refractivity contribution in [1.82, 2.24) is 5.32 Å². The Bertz CT molecular complexity index is 338. The van der Waals surface area contributed by atoms with Gasteiger partial charge in [-0.05, 0) is 52.0 Å². The Kier molecular flexibility index (Phi) is 7.37. The number of hydrogen-bond donors (Lipinski definition) is 1. The predicted molar refractivity (Wildman–Crippen MR) is 82.2 cm³/mol. The van der Waals surface area contributed by atoms with Gasteiger partial charge >= 0.3 is 0 Å². The topological polar surface area (TPSA) is 46.2 Å². The van der Waals surface area contributed by atoms with Crippen molar-refractivity contribution in [1.29, 1.82) is 0 Å². The van der Waals surface area contributed by atoms with Crippen LogP contribution in [0.5, 0.6) is 0 Å². The summed E-state index contributed by atoms with van der Waals surface area (Å²) in [5, 5.41) is 3.40. The monoisotopic (exact) mass is 289 g/mol. The second kappa shape index (κ2) is 8.25. The summed E-state index contributed by atoms with van der Waals surface area (Å²) in [5.41, 5.74) is 0. The third-order valence-electron chi connectivity index (χ3n) is 4.31. The Hall–Kier alpha value is -0.0900. The zero-order valence-corrected chi connectivity index (χ0v) is 13.6. The highest BCUT2D eigenvalue weighted by atomic mass is 32.2. The van der Waals surface area contributed by atoms with Gasteiger partial charge in [0.25, 0.3) is 0 Å². The molecule has 0 aromatic heterocycles. The average Bonchev–Trinajstić information content (AvgIpc) is 2.58. The molecule has 0 spiro atoms. The molecule has 1 saturated carbocycles. The molecule has 1 aliphatic rings. The molecule has 0 aromatic rings. The van der Waals surface area contributed by atoms with Crippen LogP contribution in [0.2, 0.25) is 0 Å². The smallest absolute Gasteiger partial charge is 0.152 e. The molecule has 19 heavy (non-hydrogen) atoms. The molecule has 0 radical (unpaired) electrons. The van der Waals surface area contributed by atoms with Gasteiger partial charge < -0.3 is 5.32 Å². The van der Waals surface area contributed by atoms with E-state index in [0.29, 0.717) is 17.7 Å². The largest absolute Gasteiger partial charge is 0.314 e. The van der Waals surface area contributed by atoms with Crippen LogP contribution in [0.25, 0.3) is 0 Å². The molecule has 0 amide bonds. The van der Waals surface area contributed by atoms with E-state index in [1.165, 1.54) is 32.1 Å². The third kappa shape index (κ3) is 5.82. The second-order valence-corrected chi connectivity index (χ2v) is 8.84. The van der Waals surface area contributed by atoms with Crippen LogP contribution >= 0.6 is 0 Å². The Labute approximate surface area is 119 Å². The Morgan fingerprint density at radius 2 is 1.84 bits per heavy atom. The quantitative estimate of drug-likeness (QED) is 0.732. The van der Waals surface area contributed by atoms with E-state index in [-0.39, 0.29) is 5.25 Å². The number of nitrogens with one attached hydrogen (secondary N) is 1. The lowest BCUT2D eigenvalue weighted by Crippen LogP contribution is -2.37. The van der Waals surface area contributed by atoms with Crippen molar-refractivity contribution in [3.05, 3.63) is 0 Å². The van der Waals surface area contributed by atoms with Crippen LogP contribution in [0.4, 0.5) is 0 Å². The number of sulfone groups is 1. The van der Waals surface area contributed by atoms with Crippen LogP contribution in [-0.4, -0.2) is 32.0 Å². The maximum absolute atomic E-state index is 12.0. The lowest BCUT2D eigenvalue weighted by atomic mass is 9.92. The SMILES string of the molecule is CCCNC1CCCCCC1CCS(=O)(=O)C(C)C. The maximum atomic E-state index is 12.0. The normalized spacial score (nSPS) is 25.5. The molecule has 1 aliphatic carbocycles. The van der Waals surface area contributed by atoms with Crippen LogP contribution in [0.15, 0.2) is 0 Å². The van der Waals surface area contributed by atoms with E-state index in [1.807, 2.05) is 0 Å². The maximum Gasteiger partial charge on any atom is 0.152 e. The molecule has 0 heterocycles. The molecular weight excluding hydrogens is 258 g/mol. The van der Waals surface area contributed by atoms with Crippen molar-refractivity contribution in [2.45, 2.75) is 77.0 Å². The predicted octanol–water partition coefficient (Wildman–Crippen LogP) is 3.15. The molecule has 2 atom stereocenters. The van der Waals surface area contributed by atoms with E-state index < -0.39 is 9.84 Å². The van der Waals surface area contributed by atoms with E-state index in [1.54, 1.807) is 13.8 Å². The average molecular weight is 289 g/mol. The van der Waals surface area contributed by atoms with Gasteiger partial charge in [-0.2, -0.15) is 0 Å². The lowest BCUT2D eigenvalue weighted by Gasteiger charge is -2.26. The zero-order chi connectivity index (χ0) is 14.3. The van der Waals surface area contributed by atoms with Crippen molar-refractivity contribution in [2.75, 3.05) is 12.3 Å². The second-order valence-electron chi connectivity index (χ2n) is 6.16. The first kappa shape index (κ1) is 17.0. The van der Waals surface area contributed by atoms with Gasteiger partial charge in [0.2, 0.25) is 0 Å². The van der Waals surface area contributed by atoms with Gasteiger partial charge in [-0.25, -0.2) is 8.42 Å². The first-order chi connectivity index (χ1) is 8.97. The molecule has 114 valence electrons. The fourth-order valence-electron chi connectivity index (χ4n) is 2.88. The highest BCUT2D eigenvalue weighted by Crippen LogP contribution is 2.27. The molecule has 1 fully saturated rings. The van der Waals surface area contributed by atoms with Gasteiger partial charge in [0.15, 0.2) is 9.84 Å². The minimum atomic E-state index is -2.88. The molecule has 3 nitrogen and oxygen atoms in total. The minimum absolute atomic E-state index is 0.236. The third-order valence-corrected chi connectivity index (χ3v) is 6.55. The molecule has 0 bridgehead atoms. The lowest BCUT2D eigenvalue weighted by molar-refractivity contribution is 0.326. The first-order valence-corrected chi connectivity index (χ1v) is 9.64. The summed E-state index contributed by atoms with van der Waals surface area (Å²) in [7, 11) is -2.88. The van der Waals surface area contributed by atoms with E-state index >= 15 is 0 Å². The molecule has 4 heteroatoms. The van der Waals surface area contributed by atoms with Gasteiger partial charge in [-0.15, -0.1) is 0 Å². The highest BCUT2D eigenvalue weighted by Gasteiger charge is 2.25. The van der Waals surface area contributed by atoms with Crippen molar-refractivity contribution >= 4 is 9.84 Å². The van der Waals surface area contributed by atoms with Gasteiger partial charge in [-0.1, -0.05) is 26.2 Å². The number of rotatable bonds is 7. The minimum Gasteiger partial charge on any atom is -0.314 e. The van der Waals surface area contributed by atoms with Crippen molar-refractivity contribution < 1.29 is 8.42 Å². The van der Waals surface area contributed by atoms with Crippen LogP contribution in [0.1, 0.15) is 65.7 Å².